The van der Waals surface area contributed by atoms with Crippen molar-refractivity contribution in [2.45, 2.75) is 6.61 Å². The molecule has 0 aliphatic carbocycles. The number of hydroxylamine groups is 1. The molecule has 0 fully saturated rings. The van der Waals surface area contributed by atoms with Gasteiger partial charge in [-0.25, -0.2) is 4.79 Å². The number of nitrogens with one attached hydrogen (secondary N) is 2. The number of benzene rings is 1. The highest BCUT2D eigenvalue weighted by Gasteiger charge is 2.16. The lowest BCUT2D eigenvalue weighted by atomic mass is 10.1. The van der Waals surface area contributed by atoms with Crippen molar-refractivity contribution in [2.24, 2.45) is 0 Å². The zero-order valence-corrected chi connectivity index (χ0v) is 8.28. The number of hydrogen-bond acceptors (Lipinski definition) is 4. The van der Waals surface area contributed by atoms with Crippen molar-refractivity contribution in [3.05, 3.63) is 29.3 Å². The molecule has 0 aromatic heterocycles. The van der Waals surface area contributed by atoms with Gasteiger partial charge >= 0.3 is 12.6 Å². The standard InChI is InChI=1S/C9H8F2N2O4/c10-9(11)17-6-2-1-4(7(12)13-16)3-5(6)8(14)15/h1-3,9,16H,(H2,12,13)(H,14,15). The van der Waals surface area contributed by atoms with E-state index in [1.54, 1.807) is 0 Å². The van der Waals surface area contributed by atoms with E-state index in [9.17, 15) is 13.6 Å². The van der Waals surface area contributed by atoms with E-state index < -0.39 is 29.7 Å². The smallest absolute Gasteiger partial charge is 0.387 e. The number of alkyl halides is 2. The number of carbonyl (C=O) groups is 1. The third kappa shape index (κ3) is 3.11. The lowest BCUT2D eigenvalue weighted by Crippen LogP contribution is -2.19. The summed E-state index contributed by atoms with van der Waals surface area (Å²) in [5.41, 5.74) is 1.00. The maximum absolute atomic E-state index is 12.0. The molecule has 0 unspecified atom stereocenters. The minimum atomic E-state index is -3.14. The largest absolute Gasteiger partial charge is 0.478 e. The van der Waals surface area contributed by atoms with E-state index >= 15 is 0 Å². The highest BCUT2D eigenvalue weighted by molar-refractivity contribution is 5.99. The second-order valence-corrected chi connectivity index (χ2v) is 2.88. The summed E-state index contributed by atoms with van der Waals surface area (Å²) >= 11 is 0. The molecule has 0 aliphatic heterocycles. The summed E-state index contributed by atoms with van der Waals surface area (Å²) in [7, 11) is 0. The molecule has 8 heteroatoms. The van der Waals surface area contributed by atoms with Crippen LogP contribution in [0.2, 0.25) is 0 Å². The zero-order chi connectivity index (χ0) is 13.0. The van der Waals surface area contributed by atoms with Gasteiger partial charge in [0, 0.05) is 5.56 Å². The van der Waals surface area contributed by atoms with Gasteiger partial charge in [0.25, 0.3) is 0 Å². The first kappa shape index (κ1) is 12.8. The summed E-state index contributed by atoms with van der Waals surface area (Å²) in [6, 6.07) is 3.08. The van der Waals surface area contributed by atoms with Crippen LogP contribution in [0.1, 0.15) is 15.9 Å². The lowest BCUT2D eigenvalue weighted by molar-refractivity contribution is -0.0503. The van der Waals surface area contributed by atoms with E-state index in [1.807, 2.05) is 0 Å². The summed E-state index contributed by atoms with van der Waals surface area (Å²) in [5, 5.41) is 24.4. The van der Waals surface area contributed by atoms with E-state index in [4.69, 9.17) is 15.7 Å². The highest BCUT2D eigenvalue weighted by atomic mass is 19.3. The molecule has 0 heterocycles. The Bertz CT molecular complexity index is 451. The molecule has 0 saturated heterocycles. The van der Waals surface area contributed by atoms with Gasteiger partial charge in [-0.3, -0.25) is 16.1 Å². The van der Waals surface area contributed by atoms with Gasteiger partial charge in [-0.1, -0.05) is 0 Å². The van der Waals surface area contributed by atoms with Crippen LogP contribution >= 0.6 is 0 Å². The van der Waals surface area contributed by atoms with E-state index in [0.29, 0.717) is 0 Å². The van der Waals surface area contributed by atoms with Gasteiger partial charge < -0.3 is 9.84 Å². The van der Waals surface area contributed by atoms with Crippen LogP contribution in [0.5, 0.6) is 5.75 Å². The minimum Gasteiger partial charge on any atom is -0.478 e. The number of aromatic carboxylic acids is 1. The van der Waals surface area contributed by atoms with E-state index in [2.05, 4.69) is 4.74 Å². The summed E-state index contributed by atoms with van der Waals surface area (Å²) in [6.07, 6.45) is 0. The van der Waals surface area contributed by atoms with Crippen LogP contribution in [0.4, 0.5) is 8.78 Å². The van der Waals surface area contributed by atoms with Crippen molar-refractivity contribution in [2.75, 3.05) is 0 Å². The summed E-state index contributed by atoms with van der Waals surface area (Å²) < 4.78 is 28.0. The van der Waals surface area contributed by atoms with Crippen LogP contribution < -0.4 is 10.2 Å². The maximum atomic E-state index is 12.0. The van der Waals surface area contributed by atoms with Crippen molar-refractivity contribution in [1.29, 1.82) is 5.41 Å². The van der Waals surface area contributed by atoms with Crippen molar-refractivity contribution < 1.29 is 28.6 Å². The Balaban J connectivity index is 3.17. The Hall–Kier alpha value is -2.22. The quantitative estimate of drug-likeness (QED) is 0.364. The number of ether oxygens (including phenoxy) is 1. The molecule has 4 N–H and O–H groups in total. The predicted molar refractivity (Wildman–Crippen MR) is 51.8 cm³/mol. The Morgan fingerprint density at radius 1 is 1.47 bits per heavy atom. The lowest BCUT2D eigenvalue weighted by Gasteiger charge is -2.09. The molecule has 0 saturated carbocycles. The molecule has 1 aromatic carbocycles. The Morgan fingerprint density at radius 2 is 2.12 bits per heavy atom. The number of carboxylic acid groups (broad SMARTS) is 1. The summed E-state index contributed by atoms with van der Waals surface area (Å²) in [5.74, 6) is -2.45. The average Bonchev–Trinajstić information content (AvgIpc) is 2.27. The Labute approximate surface area is 93.9 Å². The average molecular weight is 246 g/mol. The summed E-state index contributed by atoms with van der Waals surface area (Å²) in [6.45, 7) is -3.14. The fourth-order valence-electron chi connectivity index (χ4n) is 1.12. The molecule has 1 aromatic rings. The first-order chi connectivity index (χ1) is 7.95. The first-order valence-corrected chi connectivity index (χ1v) is 4.27. The first-order valence-electron chi connectivity index (χ1n) is 4.27. The van der Waals surface area contributed by atoms with Gasteiger partial charge in [-0.15, -0.1) is 0 Å². The highest BCUT2D eigenvalue weighted by Crippen LogP contribution is 2.22. The Morgan fingerprint density at radius 3 is 2.59 bits per heavy atom. The fraction of sp³-hybridized carbons (Fsp3) is 0.111. The molecule has 0 bridgehead atoms. The van der Waals surface area contributed by atoms with Gasteiger partial charge in [0.2, 0.25) is 0 Å². The molecular formula is C9H8F2N2O4. The normalized spacial score (nSPS) is 10.1. The second-order valence-electron chi connectivity index (χ2n) is 2.88. The van der Waals surface area contributed by atoms with Gasteiger partial charge in [0.1, 0.15) is 17.1 Å². The fourth-order valence-corrected chi connectivity index (χ4v) is 1.12. The number of amidine groups is 1. The van der Waals surface area contributed by atoms with Crippen LogP contribution in [0.25, 0.3) is 0 Å². The van der Waals surface area contributed by atoms with E-state index in [0.717, 1.165) is 18.2 Å². The number of hydrogen-bond donors (Lipinski definition) is 4. The van der Waals surface area contributed by atoms with Gasteiger partial charge in [0.15, 0.2) is 0 Å². The van der Waals surface area contributed by atoms with Crippen molar-refractivity contribution >= 4 is 11.8 Å². The van der Waals surface area contributed by atoms with Crippen LogP contribution in [0, 0.1) is 5.41 Å². The van der Waals surface area contributed by atoms with Gasteiger partial charge in [-0.05, 0) is 18.2 Å². The van der Waals surface area contributed by atoms with Gasteiger partial charge in [-0.2, -0.15) is 8.78 Å². The van der Waals surface area contributed by atoms with E-state index in [-0.39, 0.29) is 5.56 Å². The number of carboxylic acids is 1. The molecule has 0 spiro atoms. The SMILES string of the molecule is N=C(NO)c1ccc(OC(F)F)c(C(=O)O)c1. The Kier molecular flexibility index (Phi) is 3.94. The molecule has 0 radical (unpaired) electrons. The molecule has 1 rings (SSSR count). The van der Waals surface area contributed by atoms with Crippen LogP contribution in [0.15, 0.2) is 18.2 Å². The number of rotatable bonds is 4. The third-order valence-corrected chi connectivity index (χ3v) is 1.83. The molecule has 6 nitrogen and oxygen atoms in total. The molecule has 0 amide bonds. The van der Waals surface area contributed by atoms with Crippen molar-refractivity contribution in [3.8, 4) is 5.75 Å². The molecule has 0 aliphatic rings. The maximum Gasteiger partial charge on any atom is 0.387 e. The minimum absolute atomic E-state index is 0.0199. The molecule has 0 atom stereocenters. The predicted octanol–water partition coefficient (Wildman–Crippen LogP) is 1.29. The molecular weight excluding hydrogens is 238 g/mol. The monoisotopic (exact) mass is 246 g/mol. The summed E-state index contributed by atoms with van der Waals surface area (Å²) in [4.78, 5) is 10.8. The zero-order valence-electron chi connectivity index (χ0n) is 8.28. The van der Waals surface area contributed by atoms with Crippen LogP contribution in [0.3, 0.4) is 0 Å². The molecule has 17 heavy (non-hydrogen) atoms. The van der Waals surface area contributed by atoms with E-state index in [1.165, 1.54) is 5.48 Å². The second kappa shape index (κ2) is 5.21. The van der Waals surface area contributed by atoms with Gasteiger partial charge in [0.05, 0.1) is 0 Å². The van der Waals surface area contributed by atoms with Crippen molar-refractivity contribution in [1.82, 2.24) is 5.48 Å². The number of halogens is 2. The van der Waals surface area contributed by atoms with Crippen LogP contribution in [-0.2, 0) is 0 Å². The third-order valence-electron chi connectivity index (χ3n) is 1.83. The molecule has 92 valence electrons. The van der Waals surface area contributed by atoms with Crippen LogP contribution in [-0.4, -0.2) is 28.7 Å². The van der Waals surface area contributed by atoms with Crippen molar-refractivity contribution in [3.63, 3.8) is 0 Å². The topological polar surface area (TPSA) is 103 Å².